The Hall–Kier alpha value is -3.35. The number of methoxy groups -OCH3 is 1. The standard InChI is InChI=1S/C22H17FN4O3S/c1-29-20-10-25-21-12(5-11(9-24)6-15(21)26-20)22-27-14-7-13(23)18(8-19(14)31-22)30-17-4-2-3-16(17)28/h5-8,10,16-17,28H,2-4H2,1H3. The molecule has 4 aromatic rings. The van der Waals surface area contributed by atoms with Crippen molar-refractivity contribution in [3.63, 3.8) is 0 Å². The fourth-order valence-corrected chi connectivity index (χ4v) is 4.77. The number of rotatable bonds is 4. The van der Waals surface area contributed by atoms with Crippen molar-refractivity contribution in [1.29, 1.82) is 5.26 Å². The Morgan fingerprint density at radius 1 is 1.19 bits per heavy atom. The van der Waals surface area contributed by atoms with Crippen molar-refractivity contribution in [2.24, 2.45) is 0 Å². The summed E-state index contributed by atoms with van der Waals surface area (Å²) in [4.78, 5) is 13.4. The van der Waals surface area contributed by atoms with Gasteiger partial charge in [0.05, 0.1) is 52.3 Å². The van der Waals surface area contributed by atoms with Crippen molar-refractivity contribution < 1.29 is 19.0 Å². The molecule has 2 unspecified atom stereocenters. The fourth-order valence-electron chi connectivity index (χ4n) is 3.78. The molecule has 1 saturated carbocycles. The smallest absolute Gasteiger partial charge is 0.232 e. The lowest BCUT2D eigenvalue weighted by Crippen LogP contribution is -2.25. The Balaban J connectivity index is 1.60. The predicted molar refractivity (Wildman–Crippen MR) is 114 cm³/mol. The first kappa shape index (κ1) is 19.6. The van der Waals surface area contributed by atoms with E-state index in [4.69, 9.17) is 9.47 Å². The van der Waals surface area contributed by atoms with Crippen molar-refractivity contribution in [1.82, 2.24) is 15.0 Å². The summed E-state index contributed by atoms with van der Waals surface area (Å²) in [6.45, 7) is 0. The van der Waals surface area contributed by atoms with Gasteiger partial charge in [-0.25, -0.2) is 19.3 Å². The van der Waals surface area contributed by atoms with Crippen LogP contribution in [0.4, 0.5) is 4.39 Å². The SMILES string of the molecule is COc1cnc2c(-c3nc4cc(F)c(OC5CCCC5O)cc4s3)cc(C#N)cc2n1. The zero-order chi connectivity index (χ0) is 21.5. The maximum atomic E-state index is 14.6. The summed E-state index contributed by atoms with van der Waals surface area (Å²) < 4.78 is 26.3. The summed E-state index contributed by atoms with van der Waals surface area (Å²) >= 11 is 1.35. The van der Waals surface area contributed by atoms with E-state index in [0.717, 1.165) is 11.1 Å². The molecule has 0 aliphatic heterocycles. The second-order valence-corrected chi connectivity index (χ2v) is 8.37. The number of aliphatic hydroxyl groups is 1. The summed E-state index contributed by atoms with van der Waals surface area (Å²) in [6.07, 6.45) is 2.73. The highest BCUT2D eigenvalue weighted by atomic mass is 32.1. The topological polar surface area (TPSA) is 101 Å². The van der Waals surface area contributed by atoms with Gasteiger partial charge in [-0.15, -0.1) is 11.3 Å². The molecular formula is C22H17FN4O3S. The van der Waals surface area contributed by atoms with E-state index >= 15 is 0 Å². The summed E-state index contributed by atoms with van der Waals surface area (Å²) in [6, 6.07) is 8.41. The van der Waals surface area contributed by atoms with E-state index in [1.165, 1.54) is 30.7 Å². The highest BCUT2D eigenvalue weighted by molar-refractivity contribution is 7.21. The van der Waals surface area contributed by atoms with Crippen LogP contribution in [0.3, 0.4) is 0 Å². The molecule has 2 aromatic heterocycles. The molecule has 0 amide bonds. The molecule has 0 bridgehead atoms. The molecule has 1 N–H and O–H groups in total. The summed E-state index contributed by atoms with van der Waals surface area (Å²) in [5.74, 6) is -0.0757. The third-order valence-electron chi connectivity index (χ3n) is 5.33. The summed E-state index contributed by atoms with van der Waals surface area (Å²) in [5.41, 5.74) is 2.62. The molecule has 2 heterocycles. The van der Waals surface area contributed by atoms with Gasteiger partial charge in [0.15, 0.2) is 11.6 Å². The van der Waals surface area contributed by atoms with E-state index in [1.807, 2.05) is 0 Å². The maximum Gasteiger partial charge on any atom is 0.232 e. The lowest BCUT2D eigenvalue weighted by Gasteiger charge is -2.17. The van der Waals surface area contributed by atoms with Crippen LogP contribution in [0.1, 0.15) is 24.8 Å². The summed E-state index contributed by atoms with van der Waals surface area (Å²) in [5, 5.41) is 20.0. The minimum atomic E-state index is -0.581. The van der Waals surface area contributed by atoms with Crippen LogP contribution in [0.15, 0.2) is 30.5 Å². The molecule has 0 spiro atoms. The van der Waals surface area contributed by atoms with Crippen LogP contribution >= 0.6 is 11.3 Å². The van der Waals surface area contributed by atoms with E-state index in [9.17, 15) is 14.8 Å². The van der Waals surface area contributed by atoms with Gasteiger partial charge < -0.3 is 14.6 Å². The van der Waals surface area contributed by atoms with E-state index < -0.39 is 18.0 Å². The van der Waals surface area contributed by atoms with Crippen molar-refractivity contribution >= 4 is 32.6 Å². The Morgan fingerprint density at radius 3 is 2.81 bits per heavy atom. The third kappa shape index (κ3) is 3.54. The molecule has 7 nitrogen and oxygen atoms in total. The first-order chi connectivity index (χ1) is 15.1. The highest BCUT2D eigenvalue weighted by Gasteiger charge is 2.28. The third-order valence-corrected chi connectivity index (χ3v) is 6.38. The van der Waals surface area contributed by atoms with Gasteiger partial charge in [0.2, 0.25) is 5.88 Å². The quantitative estimate of drug-likeness (QED) is 0.511. The predicted octanol–water partition coefficient (Wildman–Crippen LogP) is 4.22. The first-order valence-corrected chi connectivity index (χ1v) is 10.6. The van der Waals surface area contributed by atoms with E-state index in [-0.39, 0.29) is 5.75 Å². The molecule has 0 saturated heterocycles. The van der Waals surface area contributed by atoms with Gasteiger partial charge in [0.1, 0.15) is 11.1 Å². The van der Waals surface area contributed by atoms with Crippen LogP contribution in [0.5, 0.6) is 11.6 Å². The molecule has 0 radical (unpaired) electrons. The molecule has 1 fully saturated rings. The van der Waals surface area contributed by atoms with Crippen LogP contribution in [-0.2, 0) is 0 Å². The molecule has 1 aliphatic rings. The van der Waals surface area contributed by atoms with Crippen LogP contribution in [0, 0.1) is 17.1 Å². The normalized spacial score (nSPS) is 18.4. The Kier molecular flexibility index (Phi) is 4.88. The number of hydrogen-bond donors (Lipinski definition) is 1. The van der Waals surface area contributed by atoms with Crippen LogP contribution in [-0.4, -0.2) is 39.4 Å². The van der Waals surface area contributed by atoms with Gasteiger partial charge in [-0.1, -0.05) is 0 Å². The number of fused-ring (bicyclic) bond motifs is 2. The average molecular weight is 436 g/mol. The Bertz CT molecular complexity index is 1350. The van der Waals surface area contributed by atoms with Crippen LogP contribution < -0.4 is 9.47 Å². The first-order valence-electron chi connectivity index (χ1n) is 9.76. The number of thiazole rings is 1. The van der Waals surface area contributed by atoms with Gasteiger partial charge in [-0.3, -0.25) is 0 Å². The number of benzene rings is 2. The molecule has 31 heavy (non-hydrogen) atoms. The second-order valence-electron chi connectivity index (χ2n) is 7.34. The second kappa shape index (κ2) is 7.72. The number of halogens is 1. The van der Waals surface area contributed by atoms with E-state index in [0.29, 0.717) is 51.4 Å². The van der Waals surface area contributed by atoms with Gasteiger partial charge in [-0.05, 0) is 31.4 Å². The van der Waals surface area contributed by atoms with Crippen LogP contribution in [0.25, 0.3) is 31.8 Å². The number of hydrogen-bond acceptors (Lipinski definition) is 8. The molecule has 5 rings (SSSR count). The Morgan fingerprint density at radius 2 is 2.06 bits per heavy atom. The lowest BCUT2D eigenvalue weighted by molar-refractivity contribution is 0.0580. The lowest BCUT2D eigenvalue weighted by atomic mass is 10.1. The monoisotopic (exact) mass is 436 g/mol. The van der Waals surface area contributed by atoms with E-state index in [2.05, 4.69) is 21.0 Å². The fraction of sp³-hybridized carbons (Fsp3) is 0.273. The maximum absolute atomic E-state index is 14.6. The highest BCUT2D eigenvalue weighted by Crippen LogP contribution is 2.37. The van der Waals surface area contributed by atoms with Crippen molar-refractivity contribution in [2.45, 2.75) is 31.5 Å². The number of ether oxygens (including phenoxy) is 2. The van der Waals surface area contributed by atoms with Gasteiger partial charge in [0, 0.05) is 17.7 Å². The van der Waals surface area contributed by atoms with E-state index in [1.54, 1.807) is 18.2 Å². The van der Waals surface area contributed by atoms with Crippen LogP contribution in [0.2, 0.25) is 0 Å². The zero-order valence-corrected chi connectivity index (χ0v) is 17.3. The molecular weight excluding hydrogens is 419 g/mol. The number of aromatic nitrogens is 3. The summed E-state index contributed by atoms with van der Waals surface area (Å²) in [7, 11) is 1.50. The number of nitrogens with zero attached hydrogens (tertiary/aromatic N) is 4. The number of nitriles is 1. The molecule has 9 heteroatoms. The molecule has 2 aromatic carbocycles. The van der Waals surface area contributed by atoms with Gasteiger partial charge in [-0.2, -0.15) is 5.26 Å². The molecule has 156 valence electrons. The molecule has 1 aliphatic carbocycles. The van der Waals surface area contributed by atoms with Crippen molar-refractivity contribution in [3.8, 4) is 28.3 Å². The molecule has 2 atom stereocenters. The zero-order valence-electron chi connectivity index (χ0n) is 16.5. The van der Waals surface area contributed by atoms with Gasteiger partial charge >= 0.3 is 0 Å². The largest absolute Gasteiger partial charge is 0.485 e. The van der Waals surface area contributed by atoms with Crippen molar-refractivity contribution in [3.05, 3.63) is 41.8 Å². The van der Waals surface area contributed by atoms with Crippen molar-refractivity contribution in [2.75, 3.05) is 7.11 Å². The average Bonchev–Trinajstić information content (AvgIpc) is 3.38. The minimum Gasteiger partial charge on any atom is -0.485 e. The van der Waals surface area contributed by atoms with Gasteiger partial charge in [0.25, 0.3) is 0 Å². The number of aliphatic hydroxyl groups excluding tert-OH is 1. The minimum absolute atomic E-state index is 0.105. The Labute approximate surface area is 180 Å².